The Hall–Kier alpha value is -1.27. The van der Waals surface area contributed by atoms with Crippen molar-refractivity contribution in [3.63, 3.8) is 0 Å². The predicted molar refractivity (Wildman–Crippen MR) is 39.7 cm³/mol. The highest BCUT2D eigenvalue weighted by Gasteiger charge is 1.94. The first-order valence-electron chi connectivity index (χ1n) is 2.95. The van der Waals surface area contributed by atoms with E-state index in [9.17, 15) is 4.79 Å². The van der Waals surface area contributed by atoms with Gasteiger partial charge in [-0.15, -0.1) is 5.73 Å². The van der Waals surface area contributed by atoms with E-state index in [1.54, 1.807) is 12.2 Å². The van der Waals surface area contributed by atoms with E-state index in [0.717, 1.165) is 0 Å². The fraction of sp³-hybridized carbons (Fsp3) is 0.250. The molecule has 0 aromatic rings. The van der Waals surface area contributed by atoms with Gasteiger partial charge in [-0.2, -0.15) is 0 Å². The normalized spacial score (nSPS) is 10.0. The van der Waals surface area contributed by atoms with Gasteiger partial charge in [-0.05, 0) is 32.1 Å². The van der Waals surface area contributed by atoms with E-state index in [1.165, 1.54) is 13.0 Å². The molecular formula is C8H10O2. The molecule has 0 aliphatic carbocycles. The van der Waals surface area contributed by atoms with Gasteiger partial charge in [-0.25, -0.2) is 4.79 Å². The molecule has 0 spiro atoms. The van der Waals surface area contributed by atoms with E-state index in [0.29, 0.717) is 5.57 Å². The van der Waals surface area contributed by atoms with E-state index in [4.69, 9.17) is 5.11 Å². The van der Waals surface area contributed by atoms with E-state index >= 15 is 0 Å². The Balaban J connectivity index is 4.19. The van der Waals surface area contributed by atoms with Crippen LogP contribution < -0.4 is 0 Å². The molecule has 0 atom stereocenters. The molecule has 0 saturated carbocycles. The van der Waals surface area contributed by atoms with Crippen molar-refractivity contribution in [1.82, 2.24) is 0 Å². The molecule has 0 aromatic heterocycles. The largest absolute Gasteiger partial charge is 0.478 e. The summed E-state index contributed by atoms with van der Waals surface area (Å²) in [4.78, 5) is 10.2. The highest BCUT2D eigenvalue weighted by Crippen LogP contribution is 1.90. The molecule has 0 rings (SSSR count). The third-order valence-electron chi connectivity index (χ3n) is 0.934. The molecule has 0 radical (unpaired) electrons. The SMILES string of the molecule is CC=C=CC=C(C)C(=O)O. The number of carboxylic acids is 1. The van der Waals surface area contributed by atoms with Crippen LogP contribution in [0.5, 0.6) is 0 Å². The standard InChI is InChI=1S/C8H10O2/c1-3-4-5-6-7(2)8(9)10/h3,5-6H,1-2H3,(H,9,10). The summed E-state index contributed by atoms with van der Waals surface area (Å²) >= 11 is 0. The van der Waals surface area contributed by atoms with Crippen molar-refractivity contribution in [2.45, 2.75) is 13.8 Å². The summed E-state index contributed by atoms with van der Waals surface area (Å²) in [6, 6.07) is 0. The smallest absolute Gasteiger partial charge is 0.331 e. The second-order valence-corrected chi connectivity index (χ2v) is 1.78. The number of hydrogen-bond donors (Lipinski definition) is 1. The first-order valence-corrected chi connectivity index (χ1v) is 2.95. The summed E-state index contributed by atoms with van der Waals surface area (Å²) in [6.07, 6.45) is 4.79. The quantitative estimate of drug-likeness (QED) is 0.358. The summed E-state index contributed by atoms with van der Waals surface area (Å²) < 4.78 is 0. The summed E-state index contributed by atoms with van der Waals surface area (Å²) in [5, 5.41) is 8.36. The lowest BCUT2D eigenvalue weighted by atomic mass is 10.3. The molecule has 0 heterocycles. The van der Waals surface area contributed by atoms with Crippen molar-refractivity contribution in [2.75, 3.05) is 0 Å². The molecule has 0 aromatic carbocycles. The number of carbonyl (C=O) groups is 1. The van der Waals surface area contributed by atoms with Gasteiger partial charge in [0.05, 0.1) is 0 Å². The van der Waals surface area contributed by atoms with Gasteiger partial charge < -0.3 is 5.11 Å². The molecule has 10 heavy (non-hydrogen) atoms. The minimum atomic E-state index is -0.894. The summed E-state index contributed by atoms with van der Waals surface area (Å²) in [5.41, 5.74) is 3.06. The Morgan fingerprint density at radius 3 is 2.60 bits per heavy atom. The molecule has 2 nitrogen and oxygen atoms in total. The average Bonchev–Trinajstić information content (AvgIpc) is 1.88. The van der Waals surface area contributed by atoms with Gasteiger partial charge in [0.15, 0.2) is 0 Å². The zero-order valence-electron chi connectivity index (χ0n) is 6.09. The van der Waals surface area contributed by atoms with E-state index in [-0.39, 0.29) is 0 Å². The molecule has 0 unspecified atom stereocenters. The van der Waals surface area contributed by atoms with E-state index in [2.05, 4.69) is 5.73 Å². The molecule has 0 amide bonds. The molecule has 2 heteroatoms. The van der Waals surface area contributed by atoms with Gasteiger partial charge in [-0.3, -0.25) is 0 Å². The van der Waals surface area contributed by atoms with Crippen molar-refractivity contribution in [3.05, 3.63) is 29.5 Å². The van der Waals surface area contributed by atoms with Crippen LogP contribution in [-0.4, -0.2) is 11.1 Å². The highest BCUT2D eigenvalue weighted by atomic mass is 16.4. The molecule has 0 saturated heterocycles. The van der Waals surface area contributed by atoms with Crippen molar-refractivity contribution < 1.29 is 9.90 Å². The van der Waals surface area contributed by atoms with Crippen LogP contribution in [-0.2, 0) is 4.79 Å². The Morgan fingerprint density at radius 1 is 1.60 bits per heavy atom. The van der Waals surface area contributed by atoms with Crippen LogP contribution in [0.4, 0.5) is 0 Å². The van der Waals surface area contributed by atoms with Gasteiger partial charge in [0.2, 0.25) is 0 Å². The van der Waals surface area contributed by atoms with Crippen molar-refractivity contribution >= 4 is 5.97 Å². The Bertz CT molecular complexity index is 205. The molecule has 0 fully saturated rings. The van der Waals surface area contributed by atoms with Crippen molar-refractivity contribution in [2.24, 2.45) is 0 Å². The number of aliphatic carboxylic acids is 1. The van der Waals surface area contributed by atoms with Crippen LogP contribution in [0.15, 0.2) is 29.5 Å². The maximum Gasteiger partial charge on any atom is 0.331 e. The maximum atomic E-state index is 10.2. The van der Waals surface area contributed by atoms with Gasteiger partial charge >= 0.3 is 5.97 Å². The van der Waals surface area contributed by atoms with Crippen LogP contribution in [0.3, 0.4) is 0 Å². The molecule has 0 bridgehead atoms. The number of allylic oxidation sites excluding steroid dienone is 2. The number of carboxylic acid groups (broad SMARTS) is 1. The molecular weight excluding hydrogens is 128 g/mol. The van der Waals surface area contributed by atoms with Crippen LogP contribution in [0.25, 0.3) is 0 Å². The molecule has 0 aliphatic heterocycles. The highest BCUT2D eigenvalue weighted by molar-refractivity contribution is 5.86. The minimum absolute atomic E-state index is 0.314. The molecule has 54 valence electrons. The summed E-state index contributed by atoms with van der Waals surface area (Å²) in [5.74, 6) is -0.894. The van der Waals surface area contributed by atoms with Gasteiger partial charge in [0, 0.05) is 5.57 Å². The van der Waals surface area contributed by atoms with Crippen molar-refractivity contribution in [1.29, 1.82) is 0 Å². The van der Waals surface area contributed by atoms with E-state index < -0.39 is 5.97 Å². The van der Waals surface area contributed by atoms with Crippen LogP contribution >= 0.6 is 0 Å². The van der Waals surface area contributed by atoms with Crippen molar-refractivity contribution in [3.8, 4) is 0 Å². The third-order valence-corrected chi connectivity index (χ3v) is 0.934. The lowest BCUT2D eigenvalue weighted by Crippen LogP contribution is -1.94. The van der Waals surface area contributed by atoms with Crippen LogP contribution in [0.1, 0.15) is 13.8 Å². The van der Waals surface area contributed by atoms with Gasteiger partial charge in [-0.1, -0.05) is 0 Å². The summed E-state index contributed by atoms with van der Waals surface area (Å²) in [6.45, 7) is 3.36. The minimum Gasteiger partial charge on any atom is -0.478 e. The fourth-order valence-electron chi connectivity index (χ4n) is 0.341. The van der Waals surface area contributed by atoms with E-state index in [1.807, 2.05) is 6.92 Å². The Labute approximate surface area is 60.2 Å². The Kier molecular flexibility index (Phi) is 4.01. The predicted octanol–water partition coefficient (Wildman–Crippen LogP) is 1.75. The first kappa shape index (κ1) is 8.73. The topological polar surface area (TPSA) is 37.3 Å². The zero-order chi connectivity index (χ0) is 7.98. The third kappa shape index (κ3) is 3.70. The lowest BCUT2D eigenvalue weighted by Gasteiger charge is -1.85. The van der Waals surface area contributed by atoms with Gasteiger partial charge in [0.1, 0.15) is 0 Å². The number of hydrogen-bond acceptors (Lipinski definition) is 1. The molecule has 0 aliphatic rings. The Morgan fingerprint density at radius 2 is 2.20 bits per heavy atom. The lowest BCUT2D eigenvalue weighted by molar-refractivity contribution is -0.132. The number of rotatable bonds is 2. The maximum absolute atomic E-state index is 10.2. The van der Waals surface area contributed by atoms with Gasteiger partial charge in [0.25, 0.3) is 0 Å². The first-order chi connectivity index (χ1) is 4.68. The monoisotopic (exact) mass is 138 g/mol. The fourth-order valence-corrected chi connectivity index (χ4v) is 0.341. The van der Waals surface area contributed by atoms with Crippen LogP contribution in [0, 0.1) is 0 Å². The zero-order valence-corrected chi connectivity index (χ0v) is 6.09. The second-order valence-electron chi connectivity index (χ2n) is 1.78. The summed E-state index contributed by atoms with van der Waals surface area (Å²) in [7, 11) is 0. The van der Waals surface area contributed by atoms with Crippen LogP contribution in [0.2, 0.25) is 0 Å². The molecule has 1 N–H and O–H groups in total. The average molecular weight is 138 g/mol. The second kappa shape index (κ2) is 4.59.